The van der Waals surface area contributed by atoms with E-state index in [0.717, 1.165) is 59.8 Å². The first-order valence-electron chi connectivity index (χ1n) is 17.0. The maximum atomic E-state index is 14.1. The number of nitrogens with zero attached hydrogens (tertiary/aromatic N) is 1. The van der Waals surface area contributed by atoms with E-state index in [4.69, 9.17) is 4.74 Å². The lowest BCUT2D eigenvalue weighted by molar-refractivity contribution is -0.122. The van der Waals surface area contributed by atoms with Gasteiger partial charge in [-0.25, -0.2) is 0 Å². The zero-order valence-electron chi connectivity index (χ0n) is 27.1. The fourth-order valence-corrected chi connectivity index (χ4v) is 7.97. The first-order chi connectivity index (χ1) is 23.0. The second-order valence-corrected chi connectivity index (χ2v) is 13.0. The van der Waals surface area contributed by atoms with E-state index in [1.54, 1.807) is 6.07 Å². The number of aromatic hydroxyl groups is 1. The van der Waals surface area contributed by atoms with E-state index in [0.29, 0.717) is 24.5 Å². The average Bonchev–Trinajstić information content (AvgIpc) is 3.63. The number of allylic oxidation sites excluding steroid dienone is 2. The van der Waals surface area contributed by atoms with E-state index in [-0.39, 0.29) is 35.7 Å². The lowest BCUT2D eigenvalue weighted by Gasteiger charge is -2.32. The minimum Gasteiger partial charge on any atom is -0.507 e. The number of ether oxygens (including phenoxy) is 1. The van der Waals surface area contributed by atoms with Gasteiger partial charge in [-0.2, -0.15) is 0 Å². The molecule has 2 amide bonds. The Labute approximate surface area is 276 Å². The molecule has 2 N–H and O–H groups in total. The van der Waals surface area contributed by atoms with Gasteiger partial charge in [0, 0.05) is 22.7 Å². The molecule has 2 heterocycles. The Bertz CT molecular complexity index is 1860. The Kier molecular flexibility index (Phi) is 8.70. The molecule has 2 saturated heterocycles. The Morgan fingerprint density at radius 2 is 1.60 bits per heavy atom. The Balaban J connectivity index is 1.10. The van der Waals surface area contributed by atoms with Crippen molar-refractivity contribution in [2.24, 2.45) is 17.8 Å². The lowest BCUT2D eigenvalue weighted by atomic mass is 9.68. The molecular weight excluding hydrogens is 584 g/mol. The molecule has 3 aliphatic rings. The van der Waals surface area contributed by atoms with Gasteiger partial charge in [-0.3, -0.25) is 14.5 Å². The number of amides is 2. The van der Waals surface area contributed by atoms with Crippen molar-refractivity contribution in [3.8, 4) is 5.75 Å². The van der Waals surface area contributed by atoms with Crippen LogP contribution in [0.25, 0.3) is 16.8 Å². The molecule has 2 aliphatic heterocycles. The van der Waals surface area contributed by atoms with Crippen molar-refractivity contribution in [2.75, 3.05) is 16.8 Å². The van der Waals surface area contributed by atoms with Crippen molar-refractivity contribution in [1.29, 1.82) is 0 Å². The predicted octanol–water partition coefficient (Wildman–Crippen LogP) is 9.18. The first kappa shape index (κ1) is 30.9. The molecule has 0 unspecified atom stereocenters. The van der Waals surface area contributed by atoms with Gasteiger partial charge in [0.05, 0.1) is 30.2 Å². The molecule has 0 spiro atoms. The number of para-hydroxylation sites is 1. The normalized spacial score (nSPS) is 22.6. The van der Waals surface area contributed by atoms with E-state index in [2.05, 4.69) is 31.3 Å². The number of hydrogen-bond acceptors (Lipinski definition) is 5. The second-order valence-electron chi connectivity index (χ2n) is 13.0. The van der Waals surface area contributed by atoms with Crippen LogP contribution in [0.15, 0.2) is 108 Å². The molecule has 0 aromatic heterocycles. The van der Waals surface area contributed by atoms with Crippen LogP contribution >= 0.6 is 0 Å². The van der Waals surface area contributed by atoms with Crippen LogP contribution in [0.2, 0.25) is 0 Å². The third-order valence-electron chi connectivity index (χ3n) is 10.2. The molecule has 4 atom stereocenters. The summed E-state index contributed by atoms with van der Waals surface area (Å²) in [5, 5.41) is 15.6. The number of phenolic OH excluding ortho intramolecular Hbond substituents is 1. The number of nitrogens with one attached hydrogen (secondary N) is 1. The number of rotatable bonds is 10. The van der Waals surface area contributed by atoms with E-state index in [9.17, 15) is 14.7 Å². The van der Waals surface area contributed by atoms with Crippen LogP contribution < -0.4 is 10.2 Å². The van der Waals surface area contributed by atoms with Crippen LogP contribution in [0, 0.1) is 17.8 Å². The lowest BCUT2D eigenvalue weighted by Crippen LogP contribution is -2.34. The smallest absolute Gasteiger partial charge is 0.238 e. The number of anilines is 3. The molecular formula is C41H42N2O4. The van der Waals surface area contributed by atoms with Crippen molar-refractivity contribution in [3.63, 3.8) is 0 Å². The number of benzene rings is 4. The number of imide groups is 1. The van der Waals surface area contributed by atoms with Crippen LogP contribution in [0.5, 0.6) is 5.75 Å². The molecule has 4 aromatic carbocycles. The largest absolute Gasteiger partial charge is 0.507 e. The molecule has 7 rings (SSSR count). The van der Waals surface area contributed by atoms with Gasteiger partial charge in [0.25, 0.3) is 0 Å². The summed E-state index contributed by atoms with van der Waals surface area (Å²) >= 11 is 0. The summed E-state index contributed by atoms with van der Waals surface area (Å²) in [5.74, 6) is -0.666. The maximum Gasteiger partial charge on any atom is 0.238 e. The Morgan fingerprint density at radius 1 is 0.872 bits per heavy atom. The number of hydrogen-bond donors (Lipinski definition) is 2. The summed E-state index contributed by atoms with van der Waals surface area (Å²) < 4.78 is 6.50. The van der Waals surface area contributed by atoms with E-state index in [1.807, 2.05) is 78.9 Å². The molecule has 4 aromatic rings. The quantitative estimate of drug-likeness (QED) is 0.136. The van der Waals surface area contributed by atoms with Gasteiger partial charge in [-0.15, -0.1) is 0 Å². The summed E-state index contributed by atoms with van der Waals surface area (Å²) in [7, 11) is 0. The summed E-state index contributed by atoms with van der Waals surface area (Å²) in [6.07, 6.45) is 7.39. The van der Waals surface area contributed by atoms with Crippen molar-refractivity contribution < 1.29 is 19.4 Å². The molecule has 6 heteroatoms. The summed E-state index contributed by atoms with van der Waals surface area (Å²) in [4.78, 5) is 29.4. The number of carbonyl (C=O) groups excluding carboxylic acids is 2. The fourth-order valence-electron chi connectivity index (χ4n) is 7.97. The topological polar surface area (TPSA) is 78.9 Å². The number of carbonyl (C=O) groups is 2. The molecule has 240 valence electrons. The SMILES string of the molecule is CCCC1=C2[C@@H](CC/C(=C/c3ccc(O)c4ccccc34)CC)OC[C@@H]2[C@@H]2C(=O)N(c3ccc(Nc4ccccc4)cc3)C(=O)[C@@H]2C1. The van der Waals surface area contributed by atoms with Crippen LogP contribution in [-0.2, 0) is 14.3 Å². The third kappa shape index (κ3) is 5.87. The molecule has 0 bridgehead atoms. The van der Waals surface area contributed by atoms with Gasteiger partial charge in [-0.05, 0) is 91.1 Å². The molecule has 0 radical (unpaired) electrons. The van der Waals surface area contributed by atoms with Crippen LogP contribution in [-0.4, -0.2) is 29.6 Å². The van der Waals surface area contributed by atoms with Gasteiger partial charge in [0.1, 0.15) is 5.75 Å². The summed E-state index contributed by atoms with van der Waals surface area (Å²) in [6, 6.07) is 29.2. The standard InChI is InChI=1S/C41H42N2O4/c1-3-10-28-24-34-39(41(46)43(40(34)45)31-19-17-30(18-20-31)42-29-11-6-5-7-12-29)35-25-47-37(38(28)35)22-15-26(4-2)23-27-16-21-36(44)33-14-9-8-13-32(27)33/h5-9,11-14,16-21,23,34-35,37,39,42,44H,3-4,10,15,22,24-25H2,1-2H3/b26-23+/t34-,35+,37-,39-/m1/s1. The van der Waals surface area contributed by atoms with Gasteiger partial charge in [0.2, 0.25) is 11.8 Å². The van der Waals surface area contributed by atoms with E-state index in [1.165, 1.54) is 21.6 Å². The van der Waals surface area contributed by atoms with Crippen molar-refractivity contribution in [1.82, 2.24) is 0 Å². The van der Waals surface area contributed by atoms with Crippen LogP contribution in [0.4, 0.5) is 17.1 Å². The van der Waals surface area contributed by atoms with Gasteiger partial charge in [-0.1, -0.05) is 86.0 Å². The minimum absolute atomic E-state index is 0.0469. The highest BCUT2D eigenvalue weighted by molar-refractivity contribution is 6.22. The zero-order valence-corrected chi connectivity index (χ0v) is 27.1. The highest BCUT2D eigenvalue weighted by Gasteiger charge is 2.57. The van der Waals surface area contributed by atoms with Gasteiger partial charge >= 0.3 is 0 Å². The Morgan fingerprint density at radius 3 is 2.34 bits per heavy atom. The zero-order chi connectivity index (χ0) is 32.5. The third-order valence-corrected chi connectivity index (χ3v) is 10.2. The van der Waals surface area contributed by atoms with Crippen LogP contribution in [0.1, 0.15) is 57.9 Å². The average molecular weight is 627 g/mol. The Hall–Kier alpha value is -4.68. The van der Waals surface area contributed by atoms with Gasteiger partial charge < -0.3 is 15.2 Å². The van der Waals surface area contributed by atoms with E-state index >= 15 is 0 Å². The maximum absolute atomic E-state index is 14.1. The minimum atomic E-state index is -0.380. The summed E-state index contributed by atoms with van der Waals surface area (Å²) in [5.41, 5.74) is 7.53. The van der Waals surface area contributed by atoms with Crippen molar-refractivity contribution in [2.45, 2.75) is 58.5 Å². The van der Waals surface area contributed by atoms with Crippen LogP contribution in [0.3, 0.4) is 0 Å². The highest BCUT2D eigenvalue weighted by Crippen LogP contribution is 2.51. The monoisotopic (exact) mass is 626 g/mol. The molecule has 47 heavy (non-hydrogen) atoms. The summed E-state index contributed by atoms with van der Waals surface area (Å²) in [6.45, 7) is 4.84. The molecule has 6 nitrogen and oxygen atoms in total. The second kappa shape index (κ2) is 13.2. The first-order valence-corrected chi connectivity index (χ1v) is 17.0. The van der Waals surface area contributed by atoms with Crippen molar-refractivity contribution >= 4 is 45.7 Å². The number of fused-ring (bicyclic) bond motifs is 4. The van der Waals surface area contributed by atoms with E-state index < -0.39 is 0 Å². The molecule has 0 saturated carbocycles. The molecule has 1 aliphatic carbocycles. The predicted molar refractivity (Wildman–Crippen MR) is 189 cm³/mol. The number of phenols is 1. The van der Waals surface area contributed by atoms with Crippen molar-refractivity contribution in [3.05, 3.63) is 113 Å². The molecule has 2 fully saturated rings. The fraction of sp³-hybridized carbons (Fsp3) is 0.317. The highest BCUT2D eigenvalue weighted by atomic mass is 16.5. The van der Waals surface area contributed by atoms with Gasteiger partial charge in [0.15, 0.2) is 0 Å².